The van der Waals surface area contributed by atoms with Crippen LogP contribution in [0.2, 0.25) is 0 Å². The van der Waals surface area contributed by atoms with E-state index >= 15 is 0 Å². The highest BCUT2D eigenvalue weighted by atomic mass is 16.5. The van der Waals surface area contributed by atoms with Gasteiger partial charge in [0.15, 0.2) is 11.5 Å². The van der Waals surface area contributed by atoms with Gasteiger partial charge >= 0.3 is 5.97 Å². The molecule has 0 saturated carbocycles. The minimum Gasteiger partial charge on any atom is -0.493 e. The number of aliphatic carboxylic acids is 1. The van der Waals surface area contributed by atoms with Crippen LogP contribution in [-0.2, 0) is 11.2 Å². The van der Waals surface area contributed by atoms with Crippen molar-refractivity contribution in [2.45, 2.75) is 58.6 Å². The van der Waals surface area contributed by atoms with Crippen molar-refractivity contribution in [2.24, 2.45) is 23.5 Å². The number of aliphatic hydroxyl groups excluding tert-OH is 2. The van der Waals surface area contributed by atoms with Gasteiger partial charge in [0.1, 0.15) is 0 Å². The molecule has 0 aromatic heterocycles. The molecule has 1 rings (SSSR count). The molecule has 0 saturated heterocycles. The quantitative estimate of drug-likeness (QED) is 0.347. The van der Waals surface area contributed by atoms with Crippen LogP contribution in [0.1, 0.15) is 45.6 Å². The van der Waals surface area contributed by atoms with Crippen LogP contribution in [0.4, 0.5) is 0 Å². The molecule has 0 aliphatic carbocycles. The van der Waals surface area contributed by atoms with Crippen LogP contribution in [0.15, 0.2) is 18.2 Å². The summed E-state index contributed by atoms with van der Waals surface area (Å²) in [6.45, 7) is 6.28. The lowest BCUT2D eigenvalue weighted by molar-refractivity contribution is -0.142. The van der Waals surface area contributed by atoms with Gasteiger partial charge in [0.2, 0.25) is 0 Å². The van der Waals surface area contributed by atoms with E-state index in [4.69, 9.17) is 25.4 Å². The van der Waals surface area contributed by atoms with E-state index in [1.807, 2.05) is 18.2 Å². The zero-order chi connectivity index (χ0) is 22.0. The van der Waals surface area contributed by atoms with Gasteiger partial charge in [-0.05, 0) is 48.8 Å². The van der Waals surface area contributed by atoms with E-state index in [0.29, 0.717) is 36.9 Å². The molecule has 7 heteroatoms. The molecule has 0 bridgehead atoms. The van der Waals surface area contributed by atoms with Gasteiger partial charge in [0.25, 0.3) is 0 Å². The second-order valence-corrected chi connectivity index (χ2v) is 8.06. The van der Waals surface area contributed by atoms with Crippen LogP contribution in [0.25, 0.3) is 0 Å². The van der Waals surface area contributed by atoms with Crippen molar-refractivity contribution >= 4 is 5.97 Å². The number of methoxy groups -OCH3 is 1. The largest absolute Gasteiger partial charge is 0.493 e. The number of rotatable bonds is 14. The van der Waals surface area contributed by atoms with Gasteiger partial charge in [-0.2, -0.15) is 0 Å². The molecule has 166 valence electrons. The molecule has 0 fully saturated rings. The SMILES string of the molecule is COc1ccc(C[C@@H](C[C@H](N)[C@@H](O)C[C@@H](C)C(=O)O)C(C)C)cc1OCCCO. The number of nitrogens with two attached hydrogens (primary N) is 1. The fourth-order valence-electron chi connectivity index (χ4n) is 3.25. The number of aliphatic hydroxyl groups is 2. The van der Waals surface area contributed by atoms with Gasteiger partial charge in [-0.25, -0.2) is 0 Å². The molecule has 4 atom stereocenters. The van der Waals surface area contributed by atoms with Crippen LogP contribution in [0, 0.1) is 17.8 Å². The Morgan fingerprint density at radius 2 is 1.86 bits per heavy atom. The first-order valence-electron chi connectivity index (χ1n) is 10.3. The molecule has 0 heterocycles. The van der Waals surface area contributed by atoms with E-state index in [1.54, 1.807) is 14.0 Å². The van der Waals surface area contributed by atoms with Gasteiger partial charge < -0.3 is 30.5 Å². The smallest absolute Gasteiger partial charge is 0.306 e. The van der Waals surface area contributed by atoms with Crippen LogP contribution in [-0.4, -0.2) is 53.8 Å². The van der Waals surface area contributed by atoms with Crippen molar-refractivity contribution in [1.29, 1.82) is 0 Å². The Hall–Kier alpha value is -1.83. The van der Waals surface area contributed by atoms with Crippen molar-refractivity contribution in [3.63, 3.8) is 0 Å². The summed E-state index contributed by atoms with van der Waals surface area (Å²) in [5.41, 5.74) is 7.28. The van der Waals surface area contributed by atoms with Crippen LogP contribution in [0.3, 0.4) is 0 Å². The third-order valence-electron chi connectivity index (χ3n) is 5.31. The number of carbonyl (C=O) groups is 1. The Balaban J connectivity index is 2.82. The highest BCUT2D eigenvalue weighted by Crippen LogP contribution is 2.31. The Bertz CT molecular complexity index is 621. The first kappa shape index (κ1) is 25.2. The zero-order valence-corrected chi connectivity index (χ0v) is 18.0. The Morgan fingerprint density at radius 3 is 2.41 bits per heavy atom. The molecule has 5 N–H and O–H groups in total. The number of benzene rings is 1. The summed E-state index contributed by atoms with van der Waals surface area (Å²) < 4.78 is 11.1. The third kappa shape index (κ3) is 8.60. The van der Waals surface area contributed by atoms with Gasteiger partial charge in [-0.1, -0.05) is 26.8 Å². The molecular formula is C22H37NO6. The van der Waals surface area contributed by atoms with Crippen LogP contribution in [0.5, 0.6) is 11.5 Å². The van der Waals surface area contributed by atoms with Crippen molar-refractivity contribution in [3.8, 4) is 11.5 Å². The highest BCUT2D eigenvalue weighted by Gasteiger charge is 2.26. The summed E-state index contributed by atoms with van der Waals surface area (Å²) in [7, 11) is 1.59. The maximum atomic E-state index is 11.0. The molecule has 0 aliphatic rings. The predicted molar refractivity (Wildman–Crippen MR) is 112 cm³/mol. The second-order valence-electron chi connectivity index (χ2n) is 8.06. The summed E-state index contributed by atoms with van der Waals surface area (Å²) in [6, 6.07) is 5.31. The number of hydrogen-bond donors (Lipinski definition) is 4. The molecule has 0 amide bonds. The second kappa shape index (κ2) is 12.7. The molecule has 1 aromatic rings. The topological polar surface area (TPSA) is 122 Å². The maximum absolute atomic E-state index is 11.0. The maximum Gasteiger partial charge on any atom is 0.306 e. The molecule has 29 heavy (non-hydrogen) atoms. The van der Waals surface area contributed by atoms with Crippen LogP contribution < -0.4 is 15.2 Å². The predicted octanol–water partition coefficient (Wildman–Crippen LogP) is 2.46. The van der Waals surface area contributed by atoms with E-state index in [0.717, 1.165) is 12.0 Å². The van der Waals surface area contributed by atoms with Crippen molar-refractivity contribution in [1.82, 2.24) is 0 Å². The van der Waals surface area contributed by atoms with E-state index in [9.17, 15) is 9.90 Å². The van der Waals surface area contributed by atoms with Gasteiger partial charge in [0.05, 0.1) is 25.7 Å². The monoisotopic (exact) mass is 411 g/mol. The average Bonchev–Trinajstić information content (AvgIpc) is 2.67. The van der Waals surface area contributed by atoms with Crippen LogP contribution >= 0.6 is 0 Å². The third-order valence-corrected chi connectivity index (χ3v) is 5.31. The van der Waals surface area contributed by atoms with Crippen molar-refractivity contribution in [3.05, 3.63) is 23.8 Å². The van der Waals surface area contributed by atoms with Gasteiger partial charge in [-0.15, -0.1) is 0 Å². The summed E-state index contributed by atoms with van der Waals surface area (Å²) in [6.07, 6.45) is 1.19. The number of hydrogen-bond acceptors (Lipinski definition) is 6. The first-order valence-corrected chi connectivity index (χ1v) is 10.3. The lowest BCUT2D eigenvalue weighted by Crippen LogP contribution is -2.39. The Kier molecular flexibility index (Phi) is 11.0. The summed E-state index contributed by atoms with van der Waals surface area (Å²) in [4.78, 5) is 11.0. The standard InChI is InChI=1S/C22H37NO6/c1-14(2)17(13-18(23)19(25)10-15(3)22(26)27)11-16-6-7-20(28-4)21(12-16)29-9-5-8-24/h6-7,12,14-15,17-19,24-25H,5,8-11,13,23H2,1-4H3,(H,26,27)/t15-,17+,18+,19+/m1/s1. The average molecular weight is 412 g/mol. The minimum atomic E-state index is -0.927. The number of carboxylic acids is 1. The van der Waals surface area contributed by atoms with Gasteiger partial charge in [-0.3, -0.25) is 4.79 Å². The summed E-state index contributed by atoms with van der Waals surface area (Å²) in [5, 5.41) is 28.3. The Labute approximate surface area is 173 Å². The molecule has 0 aliphatic heterocycles. The van der Waals surface area contributed by atoms with E-state index in [-0.39, 0.29) is 18.9 Å². The molecular weight excluding hydrogens is 374 g/mol. The van der Waals surface area contributed by atoms with Crippen molar-refractivity contribution < 1.29 is 29.6 Å². The lowest BCUT2D eigenvalue weighted by Gasteiger charge is -2.28. The lowest BCUT2D eigenvalue weighted by atomic mass is 9.82. The normalized spacial score (nSPS) is 15.6. The fourth-order valence-corrected chi connectivity index (χ4v) is 3.25. The van der Waals surface area contributed by atoms with E-state index in [1.165, 1.54) is 0 Å². The van der Waals surface area contributed by atoms with Gasteiger partial charge in [0, 0.05) is 19.1 Å². The molecule has 7 nitrogen and oxygen atoms in total. The van der Waals surface area contributed by atoms with Crippen molar-refractivity contribution in [2.75, 3.05) is 20.3 Å². The van der Waals surface area contributed by atoms with E-state index < -0.39 is 24.0 Å². The summed E-state index contributed by atoms with van der Waals surface area (Å²) >= 11 is 0. The number of carboxylic acid groups (broad SMARTS) is 1. The van der Waals surface area contributed by atoms with E-state index in [2.05, 4.69) is 13.8 Å². The summed E-state index contributed by atoms with van der Waals surface area (Å²) in [5.74, 6) is 0.282. The first-order chi connectivity index (χ1) is 13.7. The molecule has 1 aromatic carbocycles. The molecule has 0 unspecified atom stereocenters. The molecule has 0 radical (unpaired) electrons. The number of ether oxygens (including phenoxy) is 2. The minimum absolute atomic E-state index is 0.0676. The highest BCUT2D eigenvalue weighted by molar-refractivity contribution is 5.69. The Morgan fingerprint density at radius 1 is 1.17 bits per heavy atom. The zero-order valence-electron chi connectivity index (χ0n) is 18.0. The fraction of sp³-hybridized carbons (Fsp3) is 0.682. The molecule has 0 spiro atoms.